The topological polar surface area (TPSA) is 43.1 Å². The van der Waals surface area contributed by atoms with Crippen LogP contribution in [0.3, 0.4) is 0 Å². The van der Waals surface area contributed by atoms with Crippen molar-refractivity contribution in [3.63, 3.8) is 0 Å². The van der Waals surface area contributed by atoms with Gasteiger partial charge in [-0.05, 0) is 30.4 Å². The summed E-state index contributed by atoms with van der Waals surface area (Å²) in [6, 6.07) is 7.92. The number of nitrogens with two attached hydrogens (primary N) is 1. The van der Waals surface area contributed by atoms with Crippen LogP contribution in [0, 0.1) is 5.92 Å². The normalized spacial score (nSPS) is 26.1. The molecule has 0 radical (unpaired) electrons. The van der Waals surface area contributed by atoms with Crippen molar-refractivity contribution in [1.29, 1.82) is 0 Å². The molecule has 1 aliphatic carbocycles. The predicted octanol–water partition coefficient (Wildman–Crippen LogP) is 2.74. The lowest BCUT2D eigenvalue weighted by Crippen LogP contribution is -2.19. The zero-order valence-corrected chi connectivity index (χ0v) is 8.86. The van der Waals surface area contributed by atoms with E-state index in [4.69, 9.17) is 5.73 Å². The van der Waals surface area contributed by atoms with Gasteiger partial charge in [0.05, 0.1) is 0 Å². The summed E-state index contributed by atoms with van der Waals surface area (Å²) in [5.74, 6) is 0.515. The molecule has 1 saturated carbocycles. The van der Waals surface area contributed by atoms with Crippen LogP contribution in [0.5, 0.6) is 0 Å². The first-order chi connectivity index (χ1) is 7.33. The molecule has 2 rings (SSSR count). The summed E-state index contributed by atoms with van der Waals surface area (Å²) in [7, 11) is 0. The molecule has 0 bridgehead atoms. The van der Waals surface area contributed by atoms with Gasteiger partial charge in [-0.3, -0.25) is 0 Å². The maximum Gasteiger partial charge on any atom is 0.123 e. The third kappa shape index (κ3) is 2.04. The molecule has 0 aromatic heterocycles. The first-order valence-electron chi connectivity index (χ1n) is 5.62. The molecule has 1 aromatic rings. The van der Waals surface area contributed by atoms with Crippen LogP contribution >= 0.6 is 0 Å². The molecule has 2 nitrogen and oxygen atoms in total. The number of aldehydes is 1. The molecular weight excluding hydrogens is 186 g/mol. The first kappa shape index (κ1) is 10.2. The summed E-state index contributed by atoms with van der Waals surface area (Å²) in [6.45, 7) is 0. The summed E-state index contributed by atoms with van der Waals surface area (Å²) >= 11 is 0. The Balaban J connectivity index is 2.28. The lowest BCUT2D eigenvalue weighted by molar-refractivity contribution is -0.112. The van der Waals surface area contributed by atoms with Gasteiger partial charge in [0, 0.05) is 11.6 Å². The van der Waals surface area contributed by atoms with Gasteiger partial charge in [0.15, 0.2) is 0 Å². The van der Waals surface area contributed by atoms with E-state index in [0.717, 1.165) is 30.4 Å². The third-order valence-electron chi connectivity index (χ3n) is 3.39. The average molecular weight is 203 g/mol. The second-order valence-corrected chi connectivity index (χ2v) is 4.32. The van der Waals surface area contributed by atoms with Crippen LogP contribution in [0.1, 0.15) is 37.2 Å². The number of hydrogen-bond donors (Lipinski definition) is 1. The van der Waals surface area contributed by atoms with Crippen LogP contribution in [-0.4, -0.2) is 6.29 Å². The molecule has 0 spiro atoms. The van der Waals surface area contributed by atoms with Gasteiger partial charge in [0.25, 0.3) is 0 Å². The van der Waals surface area contributed by atoms with E-state index in [-0.39, 0.29) is 5.92 Å². The van der Waals surface area contributed by atoms with Crippen molar-refractivity contribution in [3.8, 4) is 0 Å². The van der Waals surface area contributed by atoms with E-state index in [1.165, 1.54) is 12.8 Å². The van der Waals surface area contributed by atoms with E-state index in [0.29, 0.717) is 5.92 Å². The number of rotatable bonds is 2. The van der Waals surface area contributed by atoms with Crippen LogP contribution in [-0.2, 0) is 4.79 Å². The lowest BCUT2D eigenvalue weighted by Gasteiger charge is -2.28. The number of para-hydroxylation sites is 1. The van der Waals surface area contributed by atoms with Gasteiger partial charge in [-0.2, -0.15) is 0 Å². The molecule has 1 aromatic carbocycles. The van der Waals surface area contributed by atoms with Crippen LogP contribution in [0.4, 0.5) is 5.69 Å². The zero-order chi connectivity index (χ0) is 10.7. The van der Waals surface area contributed by atoms with Crippen molar-refractivity contribution in [3.05, 3.63) is 29.8 Å². The zero-order valence-electron chi connectivity index (χ0n) is 8.86. The van der Waals surface area contributed by atoms with Gasteiger partial charge in [-0.25, -0.2) is 0 Å². The van der Waals surface area contributed by atoms with E-state index in [1.54, 1.807) is 0 Å². The second-order valence-electron chi connectivity index (χ2n) is 4.32. The highest BCUT2D eigenvalue weighted by Crippen LogP contribution is 2.38. The molecule has 2 unspecified atom stereocenters. The van der Waals surface area contributed by atoms with Crippen molar-refractivity contribution < 1.29 is 4.79 Å². The molecule has 80 valence electrons. The molecule has 2 atom stereocenters. The molecule has 1 aliphatic rings. The Morgan fingerprint density at radius 1 is 1.20 bits per heavy atom. The number of benzene rings is 1. The van der Waals surface area contributed by atoms with Gasteiger partial charge in [-0.1, -0.05) is 31.0 Å². The molecule has 1 fully saturated rings. The van der Waals surface area contributed by atoms with Crippen molar-refractivity contribution >= 4 is 12.0 Å². The fourth-order valence-corrected chi connectivity index (χ4v) is 2.56. The van der Waals surface area contributed by atoms with Gasteiger partial charge in [0.1, 0.15) is 6.29 Å². The quantitative estimate of drug-likeness (QED) is 0.593. The maximum atomic E-state index is 11.0. The predicted molar refractivity (Wildman–Crippen MR) is 61.6 cm³/mol. The summed E-state index contributed by atoms with van der Waals surface area (Å²) < 4.78 is 0. The average Bonchev–Trinajstić information content (AvgIpc) is 2.30. The Morgan fingerprint density at radius 2 is 1.93 bits per heavy atom. The summed E-state index contributed by atoms with van der Waals surface area (Å²) in [5.41, 5.74) is 7.94. The Hall–Kier alpha value is -1.31. The third-order valence-corrected chi connectivity index (χ3v) is 3.39. The largest absolute Gasteiger partial charge is 0.398 e. The smallest absolute Gasteiger partial charge is 0.123 e. The minimum absolute atomic E-state index is 0.170. The molecule has 15 heavy (non-hydrogen) atoms. The number of carbonyl (C=O) groups is 1. The van der Waals surface area contributed by atoms with Crippen molar-refractivity contribution in [2.75, 3.05) is 5.73 Å². The van der Waals surface area contributed by atoms with Crippen LogP contribution in [0.2, 0.25) is 0 Å². The second kappa shape index (κ2) is 4.47. The standard InChI is InChI=1S/C13H17NO/c14-13-8-4-3-7-12(13)11-6-2-1-5-10(11)9-15/h3-4,7-11H,1-2,5-6,14H2. The number of hydrogen-bond acceptors (Lipinski definition) is 2. The van der Waals surface area contributed by atoms with E-state index >= 15 is 0 Å². The first-order valence-corrected chi connectivity index (χ1v) is 5.62. The highest BCUT2D eigenvalue weighted by molar-refractivity contribution is 5.59. The van der Waals surface area contributed by atoms with E-state index in [9.17, 15) is 4.79 Å². The highest BCUT2D eigenvalue weighted by Gasteiger charge is 2.26. The van der Waals surface area contributed by atoms with Crippen molar-refractivity contribution in [2.45, 2.75) is 31.6 Å². The summed E-state index contributed by atoms with van der Waals surface area (Å²) in [5, 5.41) is 0. The lowest BCUT2D eigenvalue weighted by atomic mass is 9.76. The summed E-state index contributed by atoms with van der Waals surface area (Å²) in [6.07, 6.45) is 5.60. The summed E-state index contributed by atoms with van der Waals surface area (Å²) in [4.78, 5) is 11.0. The number of nitrogen functional groups attached to an aromatic ring is 1. The fraction of sp³-hybridized carbons (Fsp3) is 0.462. The molecular formula is C13H17NO. The van der Waals surface area contributed by atoms with Crippen LogP contribution in [0.25, 0.3) is 0 Å². The minimum atomic E-state index is 0.170. The van der Waals surface area contributed by atoms with Crippen molar-refractivity contribution in [1.82, 2.24) is 0 Å². The Labute approximate surface area is 90.5 Å². The van der Waals surface area contributed by atoms with Gasteiger partial charge >= 0.3 is 0 Å². The SMILES string of the molecule is Nc1ccccc1C1CCCCC1C=O. The van der Waals surface area contributed by atoms with E-state index in [2.05, 4.69) is 6.07 Å². The van der Waals surface area contributed by atoms with E-state index in [1.807, 2.05) is 18.2 Å². The van der Waals surface area contributed by atoms with E-state index < -0.39 is 0 Å². The molecule has 0 saturated heterocycles. The van der Waals surface area contributed by atoms with Gasteiger partial charge in [0.2, 0.25) is 0 Å². The molecule has 0 amide bonds. The van der Waals surface area contributed by atoms with Gasteiger partial charge in [-0.15, -0.1) is 0 Å². The Kier molecular flexibility index (Phi) is 3.05. The fourth-order valence-electron chi connectivity index (χ4n) is 2.56. The molecule has 2 heteroatoms. The van der Waals surface area contributed by atoms with Crippen LogP contribution in [0.15, 0.2) is 24.3 Å². The molecule has 2 N–H and O–H groups in total. The Bertz CT molecular complexity index is 348. The highest BCUT2D eigenvalue weighted by atomic mass is 16.1. The molecule has 0 aliphatic heterocycles. The van der Waals surface area contributed by atoms with Crippen LogP contribution < -0.4 is 5.73 Å². The molecule has 0 heterocycles. The Morgan fingerprint density at radius 3 is 2.67 bits per heavy atom. The monoisotopic (exact) mass is 203 g/mol. The minimum Gasteiger partial charge on any atom is -0.398 e. The number of carbonyl (C=O) groups excluding carboxylic acids is 1. The van der Waals surface area contributed by atoms with Crippen molar-refractivity contribution in [2.24, 2.45) is 5.92 Å². The van der Waals surface area contributed by atoms with Gasteiger partial charge < -0.3 is 10.5 Å². The maximum absolute atomic E-state index is 11.0. The number of anilines is 1.